The van der Waals surface area contributed by atoms with Gasteiger partial charge in [0, 0.05) is 10.4 Å². The molecule has 3 aromatic rings. The molecule has 0 unspecified atom stereocenters. The smallest absolute Gasteiger partial charge is 0.404 e. The van der Waals surface area contributed by atoms with Crippen LogP contribution < -0.4 is 5.32 Å². The van der Waals surface area contributed by atoms with Crippen molar-refractivity contribution < 1.29 is 19.2 Å². The van der Waals surface area contributed by atoms with Crippen molar-refractivity contribution in [2.24, 2.45) is 0 Å². The Morgan fingerprint density at radius 1 is 1.24 bits per heavy atom. The molecule has 172 valence electrons. The Balaban J connectivity index is 1.51. The van der Waals surface area contributed by atoms with Gasteiger partial charge in [0.15, 0.2) is 0 Å². The largest absolute Gasteiger partial charge is 0.465 e. The van der Waals surface area contributed by atoms with Crippen molar-refractivity contribution in [3.05, 3.63) is 72.2 Å². The summed E-state index contributed by atoms with van der Waals surface area (Å²) in [5.74, 6) is -0.998. The molecule has 0 fully saturated rings. The number of aromatic nitrogens is 2. The first-order valence-electron chi connectivity index (χ1n) is 10.4. The first kappa shape index (κ1) is 23.1. The molecule has 1 aliphatic rings. The van der Waals surface area contributed by atoms with Gasteiger partial charge in [-0.1, -0.05) is 18.6 Å². The van der Waals surface area contributed by atoms with E-state index in [1.807, 2.05) is 0 Å². The molecule has 4 rings (SSSR count). The number of methoxy groups -OCH3 is 1. The van der Waals surface area contributed by atoms with E-state index in [0.717, 1.165) is 48.1 Å². The highest BCUT2D eigenvalue weighted by atomic mass is 79.9. The van der Waals surface area contributed by atoms with Gasteiger partial charge in [0.1, 0.15) is 9.47 Å². The predicted octanol–water partition coefficient (Wildman–Crippen LogP) is 4.97. The third-order valence-electron chi connectivity index (χ3n) is 5.47. The molecule has 0 radical (unpaired) electrons. The van der Waals surface area contributed by atoms with Crippen LogP contribution in [0.1, 0.15) is 56.0 Å². The lowest BCUT2D eigenvalue weighted by Crippen LogP contribution is -2.15. The fourth-order valence-corrected chi connectivity index (χ4v) is 5.60. The minimum absolute atomic E-state index is 0.248. The van der Waals surface area contributed by atoms with Crippen LogP contribution in [0.4, 0.5) is 10.8 Å². The summed E-state index contributed by atoms with van der Waals surface area (Å²) in [4.78, 5) is 36.9. The number of thiophene rings is 1. The van der Waals surface area contributed by atoms with Crippen LogP contribution in [0.15, 0.2) is 34.9 Å². The Bertz CT molecular complexity index is 1220. The molecule has 9 nitrogen and oxygen atoms in total. The maximum atomic E-state index is 12.9. The van der Waals surface area contributed by atoms with Crippen molar-refractivity contribution in [3.63, 3.8) is 0 Å². The molecule has 0 spiro atoms. The van der Waals surface area contributed by atoms with Crippen LogP contribution in [0.3, 0.4) is 0 Å². The number of nitrogens with zero attached hydrogens (tertiary/aromatic N) is 3. The lowest BCUT2D eigenvalue weighted by atomic mass is 10.1. The minimum Gasteiger partial charge on any atom is -0.465 e. The number of fused-ring (bicyclic) bond motifs is 1. The zero-order chi connectivity index (χ0) is 23.5. The molecule has 11 heteroatoms. The molecule has 33 heavy (non-hydrogen) atoms. The fourth-order valence-electron chi connectivity index (χ4n) is 3.86. The van der Waals surface area contributed by atoms with Crippen molar-refractivity contribution in [1.29, 1.82) is 0 Å². The van der Waals surface area contributed by atoms with Gasteiger partial charge in [-0.25, -0.2) is 4.79 Å². The van der Waals surface area contributed by atoms with Gasteiger partial charge in [0.25, 0.3) is 5.91 Å². The zero-order valence-electron chi connectivity index (χ0n) is 17.8. The molecule has 0 aliphatic heterocycles. The monoisotopic (exact) mass is 532 g/mol. The summed E-state index contributed by atoms with van der Waals surface area (Å²) in [6.07, 6.45) is 6.45. The van der Waals surface area contributed by atoms with Gasteiger partial charge in [-0.05, 0) is 69.8 Å². The molecule has 0 bridgehead atoms. The summed E-state index contributed by atoms with van der Waals surface area (Å²) in [6, 6.07) is 6.88. The fraction of sp³-hybridized carbons (Fsp3) is 0.318. The molecule has 1 N–H and O–H groups in total. The number of halogens is 1. The van der Waals surface area contributed by atoms with Crippen LogP contribution in [0.2, 0.25) is 0 Å². The first-order chi connectivity index (χ1) is 15.9. The maximum Gasteiger partial charge on any atom is 0.404 e. The number of benzene rings is 1. The number of amides is 1. The Morgan fingerprint density at radius 3 is 2.64 bits per heavy atom. The number of hydrogen-bond donors (Lipinski definition) is 1. The second kappa shape index (κ2) is 9.84. The highest BCUT2D eigenvalue weighted by molar-refractivity contribution is 9.10. The number of carbonyl (C=O) groups excluding carboxylic acids is 2. The maximum absolute atomic E-state index is 12.9. The molecule has 2 aromatic heterocycles. The third-order valence-corrected chi connectivity index (χ3v) is 7.24. The van der Waals surface area contributed by atoms with Crippen molar-refractivity contribution >= 4 is 50.0 Å². The van der Waals surface area contributed by atoms with Gasteiger partial charge in [0.05, 0.1) is 30.5 Å². The summed E-state index contributed by atoms with van der Waals surface area (Å²) in [7, 11) is 1.35. The van der Waals surface area contributed by atoms with E-state index in [1.165, 1.54) is 29.3 Å². The molecule has 1 aromatic carbocycles. The molecule has 0 saturated carbocycles. The molecule has 0 saturated heterocycles. The van der Waals surface area contributed by atoms with E-state index in [9.17, 15) is 19.7 Å². The second-order valence-electron chi connectivity index (χ2n) is 7.67. The van der Waals surface area contributed by atoms with E-state index in [4.69, 9.17) is 4.74 Å². The average molecular weight is 533 g/mol. The van der Waals surface area contributed by atoms with Crippen LogP contribution in [-0.2, 0) is 24.1 Å². The highest BCUT2D eigenvalue weighted by Crippen LogP contribution is 2.38. The average Bonchev–Trinajstić information content (AvgIpc) is 3.24. The third kappa shape index (κ3) is 4.98. The number of nitro groups is 1. The number of esters is 1. The molecule has 2 heterocycles. The normalized spacial score (nSPS) is 13.2. The summed E-state index contributed by atoms with van der Waals surface area (Å²) in [5.41, 5.74) is 2.73. The van der Waals surface area contributed by atoms with Gasteiger partial charge in [0.2, 0.25) is 0 Å². The first-order valence-corrected chi connectivity index (χ1v) is 12.0. The SMILES string of the molecule is COC(=O)c1c(NC(=O)c2ccc(Cn3cc(Br)c([N+](=O)[O-])n3)cc2)sc2c1CCCCC2. The van der Waals surface area contributed by atoms with Gasteiger partial charge in [-0.2, -0.15) is 4.68 Å². The number of aryl methyl sites for hydroxylation is 1. The summed E-state index contributed by atoms with van der Waals surface area (Å²) in [5, 5.41) is 18.3. The van der Waals surface area contributed by atoms with Crippen molar-refractivity contribution in [1.82, 2.24) is 9.78 Å². The second-order valence-corrected chi connectivity index (χ2v) is 9.63. The van der Waals surface area contributed by atoms with E-state index in [2.05, 4.69) is 26.3 Å². The van der Waals surface area contributed by atoms with Gasteiger partial charge >= 0.3 is 11.8 Å². The lowest BCUT2D eigenvalue weighted by molar-refractivity contribution is -0.390. The number of hydrogen-bond acceptors (Lipinski definition) is 7. The van der Waals surface area contributed by atoms with Gasteiger partial charge in [-0.3, -0.25) is 4.79 Å². The molecule has 1 amide bonds. The lowest BCUT2D eigenvalue weighted by Gasteiger charge is -2.08. The van der Waals surface area contributed by atoms with E-state index < -0.39 is 10.9 Å². The Labute approximate surface area is 202 Å². The zero-order valence-corrected chi connectivity index (χ0v) is 20.2. The van der Waals surface area contributed by atoms with E-state index in [1.54, 1.807) is 24.3 Å². The van der Waals surface area contributed by atoms with Crippen LogP contribution in [0.5, 0.6) is 0 Å². The van der Waals surface area contributed by atoms with E-state index in [0.29, 0.717) is 27.1 Å². The molecular weight excluding hydrogens is 512 g/mol. The van der Waals surface area contributed by atoms with Crippen LogP contribution in [0.25, 0.3) is 0 Å². The number of ether oxygens (including phenoxy) is 1. The molecule has 0 atom stereocenters. The minimum atomic E-state index is -0.555. The van der Waals surface area contributed by atoms with E-state index >= 15 is 0 Å². The Kier molecular flexibility index (Phi) is 6.89. The Hall–Kier alpha value is -3.05. The quantitative estimate of drug-likeness (QED) is 0.207. The van der Waals surface area contributed by atoms with Crippen molar-refractivity contribution in [3.8, 4) is 0 Å². The standard InChI is InChI=1S/C22H21BrN4O5S/c1-32-22(29)18-15-5-3-2-4-6-17(15)33-21(18)24-20(28)14-9-7-13(8-10-14)11-26-12-16(23)19(25-26)27(30)31/h7-10,12H,2-6,11H2,1H3,(H,24,28). The molecule has 1 aliphatic carbocycles. The van der Waals surface area contributed by atoms with Crippen molar-refractivity contribution in [2.75, 3.05) is 12.4 Å². The number of nitrogens with one attached hydrogen (secondary N) is 1. The summed E-state index contributed by atoms with van der Waals surface area (Å²) >= 11 is 4.58. The summed E-state index contributed by atoms with van der Waals surface area (Å²) in [6.45, 7) is 0.318. The topological polar surface area (TPSA) is 116 Å². The van der Waals surface area contributed by atoms with Gasteiger partial charge < -0.3 is 20.2 Å². The number of rotatable bonds is 6. The molecular formula is C22H21BrN4O5S. The van der Waals surface area contributed by atoms with Gasteiger partial charge in [-0.15, -0.1) is 11.3 Å². The van der Waals surface area contributed by atoms with Crippen LogP contribution in [0, 0.1) is 10.1 Å². The van der Waals surface area contributed by atoms with Crippen molar-refractivity contribution in [2.45, 2.75) is 38.6 Å². The summed E-state index contributed by atoms with van der Waals surface area (Å²) < 4.78 is 6.75. The predicted molar refractivity (Wildman–Crippen MR) is 127 cm³/mol. The van der Waals surface area contributed by atoms with E-state index in [-0.39, 0.29) is 11.7 Å². The number of anilines is 1. The highest BCUT2D eigenvalue weighted by Gasteiger charge is 2.26. The number of carbonyl (C=O) groups is 2. The Morgan fingerprint density at radius 2 is 1.97 bits per heavy atom. The van der Waals surface area contributed by atoms with Crippen LogP contribution in [-0.4, -0.2) is 33.7 Å². The van der Waals surface area contributed by atoms with Crippen LogP contribution >= 0.6 is 27.3 Å².